The van der Waals surface area contributed by atoms with Crippen LogP contribution in [0, 0.1) is 0 Å². The first-order chi connectivity index (χ1) is 18.0. The van der Waals surface area contributed by atoms with E-state index >= 15 is 0 Å². The summed E-state index contributed by atoms with van der Waals surface area (Å²) in [7, 11) is 0. The average Bonchev–Trinajstić information content (AvgIpc) is 3.82. The molecule has 0 bridgehead atoms. The van der Waals surface area contributed by atoms with Crippen molar-refractivity contribution >= 4 is 29.0 Å². The molecule has 8 nitrogen and oxygen atoms in total. The molecule has 4 aliphatic rings. The number of amides is 1. The number of nitrogens with zero attached hydrogens (tertiary/aromatic N) is 5. The normalized spacial score (nSPS) is 21.9. The second kappa shape index (κ2) is 10.1. The number of likely N-dealkylation sites (tertiary alicyclic amines) is 1. The minimum Gasteiger partial charge on any atom is -0.370 e. The third kappa shape index (κ3) is 5.69. The lowest BCUT2D eigenvalue weighted by atomic mass is 10.0. The summed E-state index contributed by atoms with van der Waals surface area (Å²) < 4.78 is 0. The first-order valence-corrected chi connectivity index (χ1v) is 14.2. The summed E-state index contributed by atoms with van der Waals surface area (Å²) in [5.41, 5.74) is 3.47. The molecular formula is C29H41N7O. The molecule has 2 aromatic rings. The van der Waals surface area contributed by atoms with E-state index in [9.17, 15) is 4.79 Å². The molecule has 3 heterocycles. The number of carbonyl (C=O) groups is 1. The molecule has 2 saturated heterocycles. The number of hydrogen-bond donors (Lipinski definition) is 2. The van der Waals surface area contributed by atoms with Crippen LogP contribution in [0.15, 0.2) is 30.5 Å². The molecule has 2 N–H and O–H groups in total. The summed E-state index contributed by atoms with van der Waals surface area (Å²) in [5.74, 6) is 2.39. The van der Waals surface area contributed by atoms with Gasteiger partial charge in [0.25, 0.3) is 0 Å². The van der Waals surface area contributed by atoms with Crippen molar-refractivity contribution in [1.29, 1.82) is 0 Å². The van der Waals surface area contributed by atoms with E-state index in [1.54, 1.807) is 0 Å². The monoisotopic (exact) mass is 503 g/mol. The Kier molecular flexibility index (Phi) is 6.69. The maximum Gasteiger partial charge on any atom is 0.229 e. The minimum atomic E-state index is -0.0250. The van der Waals surface area contributed by atoms with Crippen LogP contribution >= 0.6 is 0 Å². The van der Waals surface area contributed by atoms with Crippen molar-refractivity contribution in [2.24, 2.45) is 0 Å². The Morgan fingerprint density at radius 3 is 2.43 bits per heavy atom. The number of carbonyl (C=O) groups excluding carboxylic acids is 1. The lowest BCUT2D eigenvalue weighted by Crippen LogP contribution is -2.47. The third-order valence-corrected chi connectivity index (χ3v) is 8.53. The smallest absolute Gasteiger partial charge is 0.229 e. The zero-order valence-electron chi connectivity index (χ0n) is 22.4. The Balaban J connectivity index is 1.05. The number of benzene rings is 1. The molecule has 4 fully saturated rings. The van der Waals surface area contributed by atoms with E-state index in [4.69, 9.17) is 4.98 Å². The van der Waals surface area contributed by atoms with Crippen molar-refractivity contribution in [1.82, 2.24) is 19.8 Å². The summed E-state index contributed by atoms with van der Waals surface area (Å²) in [4.78, 5) is 28.9. The van der Waals surface area contributed by atoms with E-state index in [-0.39, 0.29) is 11.4 Å². The molecule has 1 aromatic carbocycles. The van der Waals surface area contributed by atoms with Crippen molar-refractivity contribution in [3.05, 3.63) is 36.0 Å². The van der Waals surface area contributed by atoms with Crippen LogP contribution in [0.3, 0.4) is 0 Å². The summed E-state index contributed by atoms with van der Waals surface area (Å²) in [5, 5.41) is 6.96. The molecule has 2 aliphatic carbocycles. The summed E-state index contributed by atoms with van der Waals surface area (Å²) in [6.07, 6.45) is 9.70. The molecule has 0 unspecified atom stereocenters. The first kappa shape index (κ1) is 24.5. The largest absolute Gasteiger partial charge is 0.370 e. The van der Waals surface area contributed by atoms with Gasteiger partial charge in [0.1, 0.15) is 5.82 Å². The van der Waals surface area contributed by atoms with Gasteiger partial charge in [0.2, 0.25) is 11.9 Å². The Labute approximate surface area is 220 Å². The van der Waals surface area contributed by atoms with Crippen LogP contribution in [0.2, 0.25) is 0 Å². The van der Waals surface area contributed by atoms with Crippen molar-refractivity contribution in [2.75, 3.05) is 54.8 Å². The van der Waals surface area contributed by atoms with E-state index < -0.39 is 0 Å². The highest BCUT2D eigenvalue weighted by atomic mass is 16.2. The van der Waals surface area contributed by atoms with Gasteiger partial charge in [-0.15, -0.1) is 0 Å². The Morgan fingerprint density at radius 1 is 1.03 bits per heavy atom. The first-order valence-electron chi connectivity index (χ1n) is 14.2. The standard InChI is InChI=1S/C29H41N7O/c1-29(2)13-12-26(37)36(29)15-3-14-30-27-25(21-4-5-21)20-31-28(33-27)32-22-6-8-23(9-7-22)34-16-18-35(19-17-34)24-10-11-24/h6-9,20-21,24H,3-5,10-19H2,1-2H3,(H2,30,31,32,33). The number of rotatable bonds is 10. The van der Waals surface area contributed by atoms with E-state index in [2.05, 4.69) is 63.5 Å². The highest BCUT2D eigenvalue weighted by molar-refractivity contribution is 5.79. The van der Waals surface area contributed by atoms with Gasteiger partial charge in [0, 0.05) is 80.4 Å². The molecule has 1 amide bonds. The summed E-state index contributed by atoms with van der Waals surface area (Å²) in [6, 6.07) is 9.52. The van der Waals surface area contributed by atoms with Crippen LogP contribution in [0.4, 0.5) is 23.1 Å². The van der Waals surface area contributed by atoms with Gasteiger partial charge in [0.15, 0.2) is 0 Å². The fraction of sp³-hybridized carbons (Fsp3) is 0.621. The second-order valence-corrected chi connectivity index (χ2v) is 11.8. The maximum absolute atomic E-state index is 12.2. The van der Waals surface area contributed by atoms with Crippen LogP contribution in [0.25, 0.3) is 0 Å². The molecule has 2 aliphatic heterocycles. The van der Waals surface area contributed by atoms with Crippen molar-refractivity contribution in [2.45, 2.75) is 76.3 Å². The number of anilines is 4. The molecule has 8 heteroatoms. The second-order valence-electron chi connectivity index (χ2n) is 11.8. The zero-order chi connectivity index (χ0) is 25.4. The van der Waals surface area contributed by atoms with E-state index in [0.717, 1.165) is 56.6 Å². The topological polar surface area (TPSA) is 76.6 Å². The van der Waals surface area contributed by atoms with Gasteiger partial charge in [-0.2, -0.15) is 4.98 Å². The molecule has 6 rings (SSSR count). The zero-order valence-corrected chi connectivity index (χ0v) is 22.4. The predicted molar refractivity (Wildman–Crippen MR) is 149 cm³/mol. The minimum absolute atomic E-state index is 0.0250. The van der Waals surface area contributed by atoms with Gasteiger partial charge in [-0.05, 0) is 82.6 Å². The number of piperazine rings is 1. The van der Waals surface area contributed by atoms with Crippen molar-refractivity contribution < 1.29 is 4.79 Å². The van der Waals surface area contributed by atoms with Crippen LogP contribution < -0.4 is 15.5 Å². The van der Waals surface area contributed by atoms with Gasteiger partial charge in [-0.1, -0.05) is 0 Å². The molecule has 0 spiro atoms. The van der Waals surface area contributed by atoms with E-state index in [1.165, 1.54) is 50.0 Å². The fourth-order valence-corrected chi connectivity index (χ4v) is 5.85. The Bertz CT molecular complexity index is 1100. The van der Waals surface area contributed by atoms with E-state index in [1.807, 2.05) is 11.1 Å². The maximum atomic E-state index is 12.2. The Morgan fingerprint density at radius 2 is 1.78 bits per heavy atom. The fourth-order valence-electron chi connectivity index (χ4n) is 5.85. The van der Waals surface area contributed by atoms with Crippen molar-refractivity contribution in [3.63, 3.8) is 0 Å². The van der Waals surface area contributed by atoms with Gasteiger partial charge >= 0.3 is 0 Å². The van der Waals surface area contributed by atoms with Crippen LogP contribution in [0.1, 0.15) is 70.3 Å². The van der Waals surface area contributed by atoms with Gasteiger partial charge in [0.05, 0.1) is 0 Å². The molecular weight excluding hydrogens is 462 g/mol. The average molecular weight is 504 g/mol. The van der Waals surface area contributed by atoms with Crippen LogP contribution in [0.5, 0.6) is 0 Å². The molecule has 0 radical (unpaired) electrons. The highest BCUT2D eigenvalue weighted by Crippen LogP contribution is 2.43. The lowest BCUT2D eigenvalue weighted by Gasteiger charge is -2.36. The number of aromatic nitrogens is 2. The molecule has 0 atom stereocenters. The molecule has 37 heavy (non-hydrogen) atoms. The lowest BCUT2D eigenvalue weighted by molar-refractivity contribution is -0.130. The van der Waals surface area contributed by atoms with Crippen LogP contribution in [-0.2, 0) is 4.79 Å². The number of hydrogen-bond acceptors (Lipinski definition) is 7. The summed E-state index contributed by atoms with van der Waals surface area (Å²) in [6.45, 7) is 10.5. The van der Waals surface area contributed by atoms with Gasteiger partial charge < -0.3 is 20.4 Å². The SMILES string of the molecule is CC1(C)CCC(=O)N1CCCNc1nc(Nc2ccc(N3CCN(C4CC4)CC3)cc2)ncc1C1CC1. The van der Waals surface area contributed by atoms with Gasteiger partial charge in [-0.3, -0.25) is 9.69 Å². The van der Waals surface area contributed by atoms with E-state index in [0.29, 0.717) is 18.3 Å². The summed E-state index contributed by atoms with van der Waals surface area (Å²) >= 11 is 0. The Hall–Kier alpha value is -2.87. The molecule has 198 valence electrons. The molecule has 2 saturated carbocycles. The third-order valence-electron chi connectivity index (χ3n) is 8.53. The van der Waals surface area contributed by atoms with Crippen LogP contribution in [-0.4, -0.2) is 76.5 Å². The van der Waals surface area contributed by atoms with Crippen molar-refractivity contribution in [3.8, 4) is 0 Å². The number of nitrogens with one attached hydrogen (secondary N) is 2. The highest BCUT2D eigenvalue weighted by Gasteiger charge is 2.37. The molecule has 1 aromatic heterocycles. The van der Waals surface area contributed by atoms with Gasteiger partial charge in [-0.25, -0.2) is 4.98 Å². The predicted octanol–water partition coefficient (Wildman–Crippen LogP) is 4.59. The quantitative estimate of drug-likeness (QED) is 0.460.